The summed E-state index contributed by atoms with van der Waals surface area (Å²) in [4.78, 5) is 11.2. The molecular weight excluding hydrogens is 216 g/mol. The van der Waals surface area contributed by atoms with E-state index in [1.165, 1.54) is 0 Å². The van der Waals surface area contributed by atoms with Gasteiger partial charge in [-0.25, -0.2) is 0 Å². The number of rotatable bonds is 4. The molecule has 1 N–H and O–H groups in total. The molecule has 17 heavy (non-hydrogen) atoms. The molecule has 90 valence electrons. The van der Waals surface area contributed by atoms with Crippen LogP contribution >= 0.6 is 0 Å². The second-order valence-electron chi connectivity index (χ2n) is 3.45. The molecule has 0 aromatic heterocycles. The van der Waals surface area contributed by atoms with Crippen molar-refractivity contribution in [3.8, 4) is 11.8 Å². The van der Waals surface area contributed by atoms with Crippen LogP contribution in [0, 0.1) is 11.8 Å². The van der Waals surface area contributed by atoms with Crippen molar-refractivity contribution >= 4 is 5.97 Å². The lowest BCUT2D eigenvalue weighted by Crippen LogP contribution is -2.07. The van der Waals surface area contributed by atoms with Gasteiger partial charge in [0, 0.05) is 12.0 Å². The largest absolute Gasteiger partial charge is 0.466 e. The molecule has 3 nitrogen and oxygen atoms in total. The topological polar surface area (TPSA) is 46.5 Å². The van der Waals surface area contributed by atoms with E-state index in [-0.39, 0.29) is 19.0 Å². The molecule has 1 rings (SSSR count). The average Bonchev–Trinajstić information content (AvgIpc) is 2.32. The average molecular weight is 232 g/mol. The van der Waals surface area contributed by atoms with Crippen molar-refractivity contribution in [2.45, 2.75) is 19.8 Å². The SMILES string of the molecule is CCOC(=O)Cc1ccc(C#CCCO)cc1. The summed E-state index contributed by atoms with van der Waals surface area (Å²) in [5.74, 6) is 5.55. The van der Waals surface area contributed by atoms with Crippen molar-refractivity contribution < 1.29 is 14.6 Å². The highest BCUT2D eigenvalue weighted by atomic mass is 16.5. The van der Waals surface area contributed by atoms with Gasteiger partial charge < -0.3 is 9.84 Å². The van der Waals surface area contributed by atoms with E-state index in [2.05, 4.69) is 11.8 Å². The van der Waals surface area contributed by atoms with Crippen molar-refractivity contribution in [3.63, 3.8) is 0 Å². The van der Waals surface area contributed by atoms with Gasteiger partial charge >= 0.3 is 5.97 Å². The number of aliphatic hydroxyl groups excluding tert-OH is 1. The number of hydrogen-bond donors (Lipinski definition) is 1. The Bertz CT molecular complexity index is 409. The lowest BCUT2D eigenvalue weighted by molar-refractivity contribution is -0.142. The Kier molecular flexibility index (Phi) is 5.84. The Morgan fingerprint density at radius 3 is 2.65 bits per heavy atom. The van der Waals surface area contributed by atoms with Crippen molar-refractivity contribution in [1.29, 1.82) is 0 Å². The highest BCUT2D eigenvalue weighted by Crippen LogP contribution is 2.05. The number of carbonyl (C=O) groups excluding carboxylic acids is 1. The van der Waals surface area contributed by atoms with Gasteiger partial charge in [-0.3, -0.25) is 4.79 Å². The number of hydrogen-bond acceptors (Lipinski definition) is 3. The van der Waals surface area contributed by atoms with E-state index in [0.29, 0.717) is 13.0 Å². The molecule has 0 saturated carbocycles. The fourth-order valence-corrected chi connectivity index (χ4v) is 1.31. The molecule has 0 fully saturated rings. The molecule has 0 aliphatic rings. The quantitative estimate of drug-likeness (QED) is 0.632. The third kappa shape index (κ3) is 5.19. The first kappa shape index (κ1) is 13.3. The molecule has 0 saturated heterocycles. The molecule has 3 heteroatoms. The third-order valence-corrected chi connectivity index (χ3v) is 2.08. The highest BCUT2D eigenvalue weighted by molar-refractivity contribution is 5.72. The van der Waals surface area contributed by atoms with Crippen LogP contribution in [-0.2, 0) is 16.0 Å². The number of carbonyl (C=O) groups is 1. The molecule has 1 aromatic rings. The molecule has 0 aliphatic heterocycles. The van der Waals surface area contributed by atoms with Gasteiger partial charge in [-0.2, -0.15) is 0 Å². The molecule has 0 heterocycles. The van der Waals surface area contributed by atoms with Crippen LogP contribution in [-0.4, -0.2) is 24.3 Å². The lowest BCUT2D eigenvalue weighted by Gasteiger charge is -2.01. The number of esters is 1. The van der Waals surface area contributed by atoms with E-state index in [1.54, 1.807) is 6.92 Å². The molecule has 0 aliphatic carbocycles. The molecule has 0 radical (unpaired) electrons. The third-order valence-electron chi connectivity index (χ3n) is 2.08. The zero-order valence-corrected chi connectivity index (χ0v) is 9.90. The number of ether oxygens (including phenoxy) is 1. The predicted octanol–water partition coefficient (Wildman–Crippen LogP) is 1.53. The summed E-state index contributed by atoms with van der Waals surface area (Å²) in [5, 5.41) is 8.58. The van der Waals surface area contributed by atoms with E-state index in [4.69, 9.17) is 9.84 Å². The van der Waals surface area contributed by atoms with Crippen molar-refractivity contribution in [3.05, 3.63) is 35.4 Å². The van der Waals surface area contributed by atoms with E-state index < -0.39 is 0 Å². The molecule has 0 bridgehead atoms. The van der Waals surface area contributed by atoms with E-state index in [1.807, 2.05) is 24.3 Å². The summed E-state index contributed by atoms with van der Waals surface area (Å²) in [5.41, 5.74) is 1.79. The van der Waals surface area contributed by atoms with Gasteiger partial charge in [-0.1, -0.05) is 24.0 Å². The fourth-order valence-electron chi connectivity index (χ4n) is 1.31. The monoisotopic (exact) mass is 232 g/mol. The first-order valence-electron chi connectivity index (χ1n) is 5.60. The minimum absolute atomic E-state index is 0.0773. The van der Waals surface area contributed by atoms with Crippen molar-refractivity contribution in [1.82, 2.24) is 0 Å². The summed E-state index contributed by atoms with van der Waals surface area (Å²) in [6, 6.07) is 7.44. The van der Waals surface area contributed by atoms with Crippen molar-refractivity contribution in [2.75, 3.05) is 13.2 Å². The highest BCUT2D eigenvalue weighted by Gasteiger charge is 2.02. The normalized spacial score (nSPS) is 9.29. The Balaban J connectivity index is 2.56. The van der Waals surface area contributed by atoms with Gasteiger partial charge in [0.2, 0.25) is 0 Å². The van der Waals surface area contributed by atoms with Gasteiger partial charge in [-0.15, -0.1) is 0 Å². The summed E-state index contributed by atoms with van der Waals surface area (Å²) in [6.45, 7) is 2.27. The Labute approximate surface area is 101 Å². The van der Waals surface area contributed by atoms with Gasteiger partial charge in [0.25, 0.3) is 0 Å². The number of benzene rings is 1. The zero-order valence-electron chi connectivity index (χ0n) is 9.90. The minimum atomic E-state index is -0.216. The summed E-state index contributed by atoms with van der Waals surface area (Å²) in [7, 11) is 0. The maximum Gasteiger partial charge on any atom is 0.310 e. The van der Waals surface area contributed by atoms with Crippen LogP contribution in [0.3, 0.4) is 0 Å². The van der Waals surface area contributed by atoms with Crippen LogP contribution in [0.2, 0.25) is 0 Å². The van der Waals surface area contributed by atoms with Crippen LogP contribution in [0.4, 0.5) is 0 Å². The van der Waals surface area contributed by atoms with Gasteiger partial charge in [-0.05, 0) is 24.6 Å². The van der Waals surface area contributed by atoms with E-state index >= 15 is 0 Å². The van der Waals surface area contributed by atoms with Crippen LogP contribution in [0.1, 0.15) is 24.5 Å². The van der Waals surface area contributed by atoms with E-state index in [0.717, 1.165) is 11.1 Å². The molecular formula is C14H16O3. The van der Waals surface area contributed by atoms with Crippen molar-refractivity contribution in [2.24, 2.45) is 0 Å². The van der Waals surface area contributed by atoms with Crippen LogP contribution in [0.25, 0.3) is 0 Å². The number of aliphatic hydroxyl groups is 1. The Morgan fingerprint density at radius 2 is 2.06 bits per heavy atom. The maximum absolute atomic E-state index is 11.2. The molecule has 0 spiro atoms. The smallest absolute Gasteiger partial charge is 0.310 e. The standard InChI is InChI=1S/C14H16O3/c1-2-17-14(16)11-13-8-6-12(7-9-13)5-3-4-10-15/h6-9,15H,2,4,10-11H2,1H3. The second-order valence-corrected chi connectivity index (χ2v) is 3.45. The molecule has 0 unspecified atom stereocenters. The summed E-state index contributed by atoms with van der Waals surface area (Å²) in [6.07, 6.45) is 0.767. The molecule has 1 aromatic carbocycles. The maximum atomic E-state index is 11.2. The first-order chi connectivity index (χ1) is 8.26. The summed E-state index contributed by atoms with van der Waals surface area (Å²) >= 11 is 0. The van der Waals surface area contributed by atoms with Gasteiger partial charge in [0.1, 0.15) is 0 Å². The minimum Gasteiger partial charge on any atom is -0.466 e. The fraction of sp³-hybridized carbons (Fsp3) is 0.357. The van der Waals surface area contributed by atoms with E-state index in [9.17, 15) is 4.79 Å². The lowest BCUT2D eigenvalue weighted by atomic mass is 10.1. The second kappa shape index (κ2) is 7.48. The molecule has 0 atom stereocenters. The van der Waals surface area contributed by atoms with Crippen LogP contribution < -0.4 is 0 Å². The first-order valence-corrected chi connectivity index (χ1v) is 5.60. The van der Waals surface area contributed by atoms with Gasteiger partial charge in [0.15, 0.2) is 0 Å². The molecule has 0 amide bonds. The van der Waals surface area contributed by atoms with Gasteiger partial charge in [0.05, 0.1) is 19.6 Å². The Hall–Kier alpha value is -1.79. The predicted molar refractivity (Wildman–Crippen MR) is 65.4 cm³/mol. The Morgan fingerprint density at radius 1 is 1.35 bits per heavy atom. The van der Waals surface area contributed by atoms with Crippen LogP contribution in [0.5, 0.6) is 0 Å². The summed E-state index contributed by atoms with van der Waals surface area (Å²) < 4.78 is 4.86. The van der Waals surface area contributed by atoms with Crippen LogP contribution in [0.15, 0.2) is 24.3 Å². The zero-order chi connectivity index (χ0) is 12.5.